The molecule has 8 fully saturated rings. The summed E-state index contributed by atoms with van der Waals surface area (Å²) in [5.41, 5.74) is -1.95. The highest BCUT2D eigenvalue weighted by atomic mass is 16.7. The normalized spacial score (nSPS) is 50.8. The highest BCUT2D eigenvalue weighted by Gasteiger charge is 2.91. The van der Waals surface area contributed by atoms with Crippen LogP contribution in [0.5, 0.6) is 0 Å². The molecule has 390 valence electrons. The molecule has 6 N–H and O–H groups in total. The molecule has 18 nitrogen and oxygen atoms in total. The number of ether oxygens (including phenoxy) is 9. The second-order valence-electron chi connectivity index (χ2n) is 22.1. The maximum absolute atomic E-state index is 13.9. The van der Waals surface area contributed by atoms with Gasteiger partial charge in [0, 0.05) is 54.5 Å². The Morgan fingerprint density at radius 3 is 2.00 bits per heavy atom. The van der Waals surface area contributed by atoms with Crippen LogP contribution >= 0.6 is 0 Å². The van der Waals surface area contributed by atoms with E-state index in [1.807, 2.05) is 13.8 Å². The number of epoxide rings is 1. The van der Waals surface area contributed by atoms with E-state index in [9.17, 15) is 45.0 Å². The van der Waals surface area contributed by atoms with Crippen LogP contribution in [0.15, 0.2) is 23.3 Å². The lowest BCUT2D eigenvalue weighted by atomic mass is 9.43. The van der Waals surface area contributed by atoms with Crippen molar-refractivity contribution in [2.24, 2.45) is 34.5 Å². The van der Waals surface area contributed by atoms with Crippen LogP contribution in [-0.4, -0.2) is 171 Å². The Morgan fingerprint density at radius 1 is 0.696 bits per heavy atom. The molecule has 5 aliphatic carbocycles. The molecule has 0 unspecified atom stereocenters. The molecule has 3 aliphatic heterocycles. The average molecular weight is 979 g/mol. The summed E-state index contributed by atoms with van der Waals surface area (Å²) in [4.78, 5) is 41.2. The van der Waals surface area contributed by atoms with E-state index < -0.39 is 144 Å². The van der Waals surface area contributed by atoms with E-state index in [-0.39, 0.29) is 36.6 Å². The van der Waals surface area contributed by atoms with Gasteiger partial charge in [-0.1, -0.05) is 26.0 Å². The average Bonchev–Trinajstić information content (AvgIpc) is 3.87. The van der Waals surface area contributed by atoms with E-state index in [0.717, 1.165) is 6.42 Å². The lowest BCUT2D eigenvalue weighted by Crippen LogP contribution is -2.70. The summed E-state index contributed by atoms with van der Waals surface area (Å²) in [6.45, 7) is 15.8. The summed E-state index contributed by atoms with van der Waals surface area (Å²) in [7, 11) is 1.55. The van der Waals surface area contributed by atoms with Crippen LogP contribution in [0.1, 0.15) is 120 Å². The second kappa shape index (κ2) is 19.8. The van der Waals surface area contributed by atoms with Crippen molar-refractivity contribution in [3.05, 3.63) is 23.3 Å². The van der Waals surface area contributed by atoms with Gasteiger partial charge in [0.1, 0.15) is 65.8 Å². The summed E-state index contributed by atoms with van der Waals surface area (Å²) in [6, 6.07) is 0. The van der Waals surface area contributed by atoms with Gasteiger partial charge in [-0.05, 0) is 111 Å². The quantitative estimate of drug-likeness (QED) is 0.0671. The first kappa shape index (κ1) is 52.9. The smallest absolute Gasteiger partial charge is 0.333 e. The SMILES string of the molecule is C/C=C(\C)C(=O)O[C@@H]1[C@@H](OC(=O)/C(C)=C/C)[C@]2(C)[C@@H](C(C)=O)CC[C@@]23O[C@]32CC[C@H]3C[C@@H](O[C@H]4C[C@@H](OC)[C@H](O[C@@H]5O[C@H](C)[C@@H](O[C@@H]6C[C@H](CO)[C@@H](O)[C@H](O)[C@H]6O)[C@@H](O)[C@H]5O)[C@@H](C)O4)CC[C@]3(C)[C@@H]12. The fourth-order valence-electron chi connectivity index (χ4n) is 14.5. The number of aliphatic hydroxyl groups is 6. The minimum Gasteiger partial charge on any atom is -0.455 e. The van der Waals surface area contributed by atoms with Crippen LogP contribution in [0.25, 0.3) is 0 Å². The molecule has 3 heterocycles. The van der Waals surface area contributed by atoms with Crippen LogP contribution in [-0.2, 0) is 57.0 Å². The number of ketones is 1. The van der Waals surface area contributed by atoms with Crippen LogP contribution in [0.3, 0.4) is 0 Å². The largest absolute Gasteiger partial charge is 0.455 e. The van der Waals surface area contributed by atoms with Gasteiger partial charge in [0.2, 0.25) is 0 Å². The van der Waals surface area contributed by atoms with Crippen LogP contribution < -0.4 is 0 Å². The van der Waals surface area contributed by atoms with Gasteiger partial charge in [-0.15, -0.1) is 0 Å². The number of Topliss-reactive ketones (excluding diaryl/α,β-unsaturated/α-hetero) is 1. The number of rotatable bonds is 13. The van der Waals surface area contributed by atoms with E-state index in [0.29, 0.717) is 49.7 Å². The van der Waals surface area contributed by atoms with Crippen molar-refractivity contribution in [1.29, 1.82) is 0 Å². The van der Waals surface area contributed by atoms with E-state index >= 15 is 0 Å². The molecule has 0 radical (unpaired) electrons. The lowest BCUT2D eigenvalue weighted by molar-refractivity contribution is -0.349. The Morgan fingerprint density at radius 2 is 1.36 bits per heavy atom. The number of fused-ring (bicyclic) bond motifs is 2. The number of aliphatic hydroxyl groups excluding tert-OH is 6. The fraction of sp³-hybridized carbons (Fsp3) is 0.863. The van der Waals surface area contributed by atoms with Crippen molar-refractivity contribution in [3.8, 4) is 0 Å². The van der Waals surface area contributed by atoms with Crippen LogP contribution in [0.2, 0.25) is 0 Å². The van der Waals surface area contributed by atoms with Gasteiger partial charge in [-0.25, -0.2) is 9.59 Å². The Balaban J connectivity index is 0.957. The van der Waals surface area contributed by atoms with Gasteiger partial charge in [-0.3, -0.25) is 4.79 Å². The number of allylic oxidation sites excluding steroid dienone is 2. The molecule has 0 bridgehead atoms. The zero-order valence-corrected chi connectivity index (χ0v) is 41.9. The Labute approximate surface area is 405 Å². The molecule has 3 saturated heterocycles. The summed E-state index contributed by atoms with van der Waals surface area (Å²) in [6.07, 6.45) is -8.10. The number of hydrogen-bond donors (Lipinski definition) is 6. The van der Waals surface area contributed by atoms with Gasteiger partial charge < -0.3 is 73.3 Å². The van der Waals surface area contributed by atoms with Crippen molar-refractivity contribution in [1.82, 2.24) is 0 Å². The van der Waals surface area contributed by atoms with E-state index in [2.05, 4.69) is 6.92 Å². The maximum atomic E-state index is 13.9. The van der Waals surface area contributed by atoms with Crippen molar-refractivity contribution < 1.29 is 87.7 Å². The molecule has 8 aliphatic rings. The first-order chi connectivity index (χ1) is 32.6. The highest BCUT2D eigenvalue weighted by molar-refractivity contribution is 5.89. The molecule has 8 rings (SSSR count). The van der Waals surface area contributed by atoms with Crippen LogP contribution in [0, 0.1) is 34.5 Å². The molecule has 2 spiro atoms. The van der Waals surface area contributed by atoms with Gasteiger partial charge in [-0.2, -0.15) is 0 Å². The highest BCUT2D eigenvalue weighted by Crippen LogP contribution is 2.81. The Hall–Kier alpha value is -2.43. The fourth-order valence-corrected chi connectivity index (χ4v) is 14.5. The molecule has 24 atom stereocenters. The summed E-state index contributed by atoms with van der Waals surface area (Å²) < 4.78 is 57.9. The number of hydrogen-bond acceptors (Lipinski definition) is 18. The van der Waals surface area contributed by atoms with E-state index in [4.69, 9.17) is 42.6 Å². The third-order valence-electron chi connectivity index (χ3n) is 18.6. The molecule has 0 aromatic carbocycles. The minimum absolute atomic E-state index is 0.00282. The number of carbonyl (C=O) groups is 3. The summed E-state index contributed by atoms with van der Waals surface area (Å²) in [5, 5.41) is 63.5. The third-order valence-corrected chi connectivity index (χ3v) is 18.6. The standard InChI is InChI=1S/C51H78O18/c1-11-23(3)45(59)66-42-43-48(8)16-14-30(20-29(48)13-17-50(43)51(69-50)18-15-31(25(5)53)49(51,9)44(42)68-46(60)24(4)12-2)64-34-21-33(61-10)40(26(6)62-34)67-47-39(58)38(57)41(27(7)63-47)65-32-19-28(22-52)35(54)37(56)36(32)55/h11-12,26-44,47,52,54-58H,13-22H2,1-10H3/b23-11+,24-12+/t26-,27-,28-,29+,30+,31-,32-,33-,34+,35-,36+,37+,38+,39-,40-,41-,42+,43-,44-,47+,48+,49+,50+,51-/m1/s1. The first-order valence-corrected chi connectivity index (χ1v) is 25.3. The predicted molar refractivity (Wildman–Crippen MR) is 243 cm³/mol. The molecular formula is C51H78O18. The molecule has 0 amide bonds. The van der Waals surface area contributed by atoms with E-state index in [1.54, 1.807) is 60.8 Å². The van der Waals surface area contributed by atoms with Gasteiger partial charge >= 0.3 is 11.9 Å². The first-order valence-electron chi connectivity index (χ1n) is 25.3. The van der Waals surface area contributed by atoms with Gasteiger partial charge in [0.25, 0.3) is 0 Å². The molecule has 0 aromatic heterocycles. The van der Waals surface area contributed by atoms with Gasteiger partial charge in [0.15, 0.2) is 12.6 Å². The van der Waals surface area contributed by atoms with Crippen molar-refractivity contribution >= 4 is 17.7 Å². The third kappa shape index (κ3) is 8.60. The van der Waals surface area contributed by atoms with Crippen molar-refractivity contribution in [3.63, 3.8) is 0 Å². The summed E-state index contributed by atoms with van der Waals surface area (Å²) in [5.74, 6) is -2.48. The summed E-state index contributed by atoms with van der Waals surface area (Å²) >= 11 is 0. The molecule has 18 heteroatoms. The zero-order valence-electron chi connectivity index (χ0n) is 41.9. The van der Waals surface area contributed by atoms with E-state index in [1.165, 1.54) is 0 Å². The number of esters is 2. The molecule has 0 aromatic rings. The lowest BCUT2D eigenvalue weighted by Gasteiger charge is -2.61. The maximum Gasteiger partial charge on any atom is 0.333 e. The Kier molecular flexibility index (Phi) is 15.2. The molecular weight excluding hydrogens is 901 g/mol. The second-order valence-corrected chi connectivity index (χ2v) is 22.1. The predicted octanol–water partition coefficient (Wildman–Crippen LogP) is 2.72. The Bertz CT molecular complexity index is 1980. The molecule has 69 heavy (non-hydrogen) atoms. The zero-order chi connectivity index (χ0) is 50.3. The van der Waals surface area contributed by atoms with Crippen molar-refractivity contribution in [2.45, 2.75) is 229 Å². The van der Waals surface area contributed by atoms with Crippen LogP contribution in [0.4, 0.5) is 0 Å². The monoisotopic (exact) mass is 979 g/mol. The van der Waals surface area contributed by atoms with Crippen molar-refractivity contribution in [2.75, 3.05) is 13.7 Å². The minimum atomic E-state index is -1.59. The number of carbonyl (C=O) groups excluding carboxylic acids is 3. The number of methoxy groups -OCH3 is 1. The van der Waals surface area contributed by atoms with Gasteiger partial charge in [0.05, 0.1) is 36.6 Å². The topological polar surface area (TPSA) is 259 Å². The molecule has 5 saturated carbocycles.